The van der Waals surface area contributed by atoms with Crippen LogP contribution in [-0.2, 0) is 0 Å². The van der Waals surface area contributed by atoms with Gasteiger partial charge in [0.15, 0.2) is 0 Å². The van der Waals surface area contributed by atoms with E-state index in [2.05, 4.69) is 228 Å². The lowest BCUT2D eigenvalue weighted by molar-refractivity contribution is 0.669. The largest absolute Gasteiger partial charge is 0.456 e. The van der Waals surface area contributed by atoms with E-state index in [0.29, 0.717) is 0 Å². The molecule has 286 valence electrons. The van der Waals surface area contributed by atoms with Gasteiger partial charge in [-0.25, -0.2) is 0 Å². The smallest absolute Gasteiger partial charge is 0.135 e. The van der Waals surface area contributed by atoms with Crippen LogP contribution < -0.4 is 4.90 Å². The van der Waals surface area contributed by atoms with Gasteiger partial charge in [0.05, 0.1) is 11.0 Å². The lowest BCUT2D eigenvalue weighted by Crippen LogP contribution is -2.10. The minimum atomic E-state index is 0.876. The molecule has 3 heteroatoms. The standard InChI is InChI=1S/C58H38N2O/c1-3-14-39(15-4-1)41-28-30-42(31-29-41)49-25-12-18-43-32-34-54-58(57(43)49)51-24-7-9-26-53(51)60(54)47-22-13-21-46(37-47)59(45-20-11-19-44(36-45)40-16-5-2-6-17-40)48-33-35-56-52(38-48)50-23-8-10-27-55(50)61-56/h1-38H. The topological polar surface area (TPSA) is 21.3 Å². The first kappa shape index (κ1) is 34.9. The molecule has 0 aliphatic rings. The molecule has 0 aliphatic heterocycles. The molecule has 2 heterocycles. The van der Waals surface area contributed by atoms with E-state index in [4.69, 9.17) is 4.42 Å². The van der Waals surface area contributed by atoms with E-state index >= 15 is 0 Å². The zero-order valence-electron chi connectivity index (χ0n) is 33.2. The van der Waals surface area contributed by atoms with Gasteiger partial charge >= 0.3 is 0 Å². The second-order valence-electron chi connectivity index (χ2n) is 15.7. The van der Waals surface area contributed by atoms with E-state index in [1.54, 1.807) is 0 Å². The molecule has 0 saturated heterocycles. The number of fused-ring (bicyclic) bond motifs is 8. The van der Waals surface area contributed by atoms with Crippen molar-refractivity contribution < 1.29 is 4.42 Å². The van der Waals surface area contributed by atoms with Crippen molar-refractivity contribution in [1.82, 2.24) is 4.57 Å². The molecule has 0 spiro atoms. The van der Waals surface area contributed by atoms with Gasteiger partial charge in [0, 0.05) is 44.3 Å². The summed E-state index contributed by atoms with van der Waals surface area (Å²) in [5.41, 5.74) is 15.6. The van der Waals surface area contributed by atoms with Gasteiger partial charge < -0.3 is 13.9 Å². The number of hydrogen-bond acceptors (Lipinski definition) is 2. The monoisotopic (exact) mass is 778 g/mol. The fraction of sp³-hybridized carbons (Fsp3) is 0. The van der Waals surface area contributed by atoms with E-state index in [-0.39, 0.29) is 0 Å². The fourth-order valence-electron chi connectivity index (χ4n) is 9.36. The number of rotatable bonds is 7. The molecule has 12 rings (SSSR count). The number of para-hydroxylation sites is 2. The molecule has 0 fully saturated rings. The Morgan fingerprint density at radius 2 is 0.934 bits per heavy atom. The summed E-state index contributed by atoms with van der Waals surface area (Å²) in [4.78, 5) is 2.37. The molecule has 0 radical (unpaired) electrons. The summed E-state index contributed by atoms with van der Waals surface area (Å²) < 4.78 is 8.73. The summed E-state index contributed by atoms with van der Waals surface area (Å²) in [7, 11) is 0. The molecule has 0 bridgehead atoms. The van der Waals surface area contributed by atoms with Crippen LogP contribution in [-0.4, -0.2) is 4.57 Å². The van der Waals surface area contributed by atoms with E-state index in [9.17, 15) is 0 Å². The van der Waals surface area contributed by atoms with E-state index in [1.165, 1.54) is 60.4 Å². The molecular formula is C58H38N2O. The van der Waals surface area contributed by atoms with Crippen LogP contribution in [0.25, 0.3) is 93.6 Å². The lowest BCUT2D eigenvalue weighted by atomic mass is 9.93. The number of nitrogens with zero attached hydrogens (tertiary/aromatic N) is 2. The predicted molar refractivity (Wildman–Crippen MR) is 257 cm³/mol. The normalized spacial score (nSPS) is 11.6. The molecule has 0 N–H and O–H groups in total. The second kappa shape index (κ2) is 14.3. The van der Waals surface area contributed by atoms with Crippen molar-refractivity contribution in [1.29, 1.82) is 0 Å². The highest BCUT2D eigenvalue weighted by molar-refractivity contribution is 6.25. The minimum Gasteiger partial charge on any atom is -0.456 e. The third-order valence-electron chi connectivity index (χ3n) is 12.2. The molecule has 0 saturated carbocycles. The first-order valence-corrected chi connectivity index (χ1v) is 20.8. The van der Waals surface area contributed by atoms with Crippen LogP contribution in [0.15, 0.2) is 235 Å². The van der Waals surface area contributed by atoms with Crippen molar-refractivity contribution in [3.63, 3.8) is 0 Å². The van der Waals surface area contributed by atoms with Gasteiger partial charge in [0.2, 0.25) is 0 Å². The molecule has 10 aromatic carbocycles. The highest BCUT2D eigenvalue weighted by Crippen LogP contribution is 2.44. The summed E-state index contributed by atoms with van der Waals surface area (Å²) in [6.45, 7) is 0. The van der Waals surface area contributed by atoms with Crippen molar-refractivity contribution in [3.8, 4) is 39.1 Å². The van der Waals surface area contributed by atoms with Crippen LogP contribution in [0.3, 0.4) is 0 Å². The van der Waals surface area contributed by atoms with E-state index in [0.717, 1.165) is 50.3 Å². The van der Waals surface area contributed by atoms with Crippen LogP contribution in [0.1, 0.15) is 0 Å². The Kier molecular flexibility index (Phi) is 8.17. The SMILES string of the molecule is c1ccc(-c2ccc(-c3cccc4ccc5c(c6ccccc6n5-c5cccc(N(c6cccc(-c7ccccc7)c6)c6ccc7oc8ccccc8c7c6)c5)c34)cc2)cc1. The van der Waals surface area contributed by atoms with Crippen molar-refractivity contribution >= 4 is 71.6 Å². The number of aromatic nitrogens is 1. The average Bonchev–Trinajstić information content (AvgIpc) is 3.88. The molecule has 61 heavy (non-hydrogen) atoms. The first-order chi connectivity index (χ1) is 30.2. The zero-order chi connectivity index (χ0) is 40.3. The van der Waals surface area contributed by atoms with Crippen molar-refractivity contribution in [2.24, 2.45) is 0 Å². The number of anilines is 3. The second-order valence-corrected chi connectivity index (χ2v) is 15.7. The van der Waals surface area contributed by atoms with E-state index < -0.39 is 0 Å². The summed E-state index contributed by atoms with van der Waals surface area (Å²) in [5, 5.41) is 7.17. The van der Waals surface area contributed by atoms with Crippen molar-refractivity contribution in [2.45, 2.75) is 0 Å². The highest BCUT2D eigenvalue weighted by atomic mass is 16.3. The molecular weight excluding hydrogens is 741 g/mol. The fourth-order valence-corrected chi connectivity index (χ4v) is 9.36. The Bertz CT molecular complexity index is 3580. The van der Waals surface area contributed by atoms with Gasteiger partial charge in [0.25, 0.3) is 0 Å². The maximum Gasteiger partial charge on any atom is 0.135 e. The van der Waals surface area contributed by atoms with Crippen molar-refractivity contribution in [3.05, 3.63) is 231 Å². The Morgan fingerprint density at radius 3 is 1.75 bits per heavy atom. The quantitative estimate of drug-likeness (QED) is 0.161. The Hall–Kier alpha value is -8.14. The summed E-state index contributed by atoms with van der Waals surface area (Å²) in [5.74, 6) is 0. The predicted octanol–water partition coefficient (Wildman–Crippen LogP) is 16.3. The molecule has 0 unspecified atom stereocenters. The molecule has 3 nitrogen and oxygen atoms in total. The average molecular weight is 779 g/mol. The Labute approximate surface area is 353 Å². The van der Waals surface area contributed by atoms with Gasteiger partial charge in [-0.1, -0.05) is 164 Å². The zero-order valence-corrected chi connectivity index (χ0v) is 33.2. The molecule has 0 aliphatic carbocycles. The third kappa shape index (κ3) is 5.90. The number of hydrogen-bond donors (Lipinski definition) is 0. The number of furan rings is 1. The summed E-state index contributed by atoms with van der Waals surface area (Å²) in [6, 6.07) is 83.0. The van der Waals surface area contributed by atoms with Gasteiger partial charge in [-0.05, 0) is 111 Å². The van der Waals surface area contributed by atoms with Crippen LogP contribution in [0.5, 0.6) is 0 Å². The van der Waals surface area contributed by atoms with Crippen molar-refractivity contribution in [2.75, 3.05) is 4.90 Å². The van der Waals surface area contributed by atoms with Gasteiger partial charge in [-0.15, -0.1) is 0 Å². The van der Waals surface area contributed by atoms with Crippen LogP contribution in [0.4, 0.5) is 17.1 Å². The third-order valence-corrected chi connectivity index (χ3v) is 12.2. The number of benzene rings is 10. The Morgan fingerprint density at radius 1 is 0.328 bits per heavy atom. The minimum absolute atomic E-state index is 0.876. The summed E-state index contributed by atoms with van der Waals surface area (Å²) in [6.07, 6.45) is 0. The maximum absolute atomic E-state index is 6.29. The Balaban J connectivity index is 1.05. The van der Waals surface area contributed by atoms with Crippen LogP contribution in [0.2, 0.25) is 0 Å². The van der Waals surface area contributed by atoms with Crippen LogP contribution >= 0.6 is 0 Å². The summed E-state index contributed by atoms with van der Waals surface area (Å²) >= 11 is 0. The molecule has 0 amide bonds. The van der Waals surface area contributed by atoms with Gasteiger partial charge in [-0.2, -0.15) is 0 Å². The maximum atomic E-state index is 6.29. The lowest BCUT2D eigenvalue weighted by Gasteiger charge is -2.27. The molecule has 2 aromatic heterocycles. The van der Waals surface area contributed by atoms with Gasteiger partial charge in [-0.3, -0.25) is 0 Å². The first-order valence-electron chi connectivity index (χ1n) is 20.8. The van der Waals surface area contributed by atoms with Crippen LogP contribution in [0, 0.1) is 0 Å². The molecule has 0 atom stereocenters. The highest BCUT2D eigenvalue weighted by Gasteiger charge is 2.20. The van der Waals surface area contributed by atoms with Gasteiger partial charge in [0.1, 0.15) is 11.2 Å². The van der Waals surface area contributed by atoms with E-state index in [1.807, 2.05) is 12.1 Å². The molecule has 12 aromatic rings.